The van der Waals surface area contributed by atoms with Crippen LogP contribution in [-0.2, 0) is 27.4 Å². The summed E-state index contributed by atoms with van der Waals surface area (Å²) in [6.07, 6.45) is 0.784. The summed E-state index contributed by atoms with van der Waals surface area (Å²) in [4.78, 5) is 51.4. The highest BCUT2D eigenvalue weighted by Crippen LogP contribution is 2.23. The minimum atomic E-state index is -5.08. The number of methoxy groups -OCH3 is 1. The number of likely N-dealkylation sites (tertiary alicyclic amines) is 1. The number of nitrogens with zero attached hydrogens (tertiary/aromatic N) is 2. The van der Waals surface area contributed by atoms with E-state index in [4.69, 9.17) is 14.6 Å². The number of nitrogens with one attached hydrogen (secondary N) is 1. The number of carboxylic acids is 1. The lowest BCUT2D eigenvalue weighted by atomic mass is 10.0. The lowest BCUT2D eigenvalue weighted by molar-refractivity contribution is -0.192. The van der Waals surface area contributed by atoms with Gasteiger partial charge >= 0.3 is 18.1 Å². The maximum absolute atomic E-state index is 13.5. The van der Waals surface area contributed by atoms with Crippen molar-refractivity contribution in [2.75, 3.05) is 33.3 Å². The fourth-order valence-electron chi connectivity index (χ4n) is 5.48. The van der Waals surface area contributed by atoms with E-state index in [9.17, 15) is 27.6 Å². The lowest BCUT2D eigenvalue weighted by Crippen LogP contribution is -2.33. The van der Waals surface area contributed by atoms with E-state index in [1.165, 1.54) is 20.0 Å². The Morgan fingerprint density at radius 1 is 0.808 bits per heavy atom. The van der Waals surface area contributed by atoms with Crippen LogP contribution < -0.4 is 5.32 Å². The largest absolute Gasteiger partial charge is 0.490 e. The third-order valence-corrected chi connectivity index (χ3v) is 8.19. The van der Waals surface area contributed by atoms with Crippen molar-refractivity contribution in [2.24, 2.45) is 0 Å². The third-order valence-electron chi connectivity index (χ3n) is 8.19. The van der Waals surface area contributed by atoms with Gasteiger partial charge in [-0.15, -0.1) is 0 Å². The zero-order valence-electron chi connectivity index (χ0n) is 28.6. The number of halogens is 3. The van der Waals surface area contributed by atoms with Gasteiger partial charge in [-0.1, -0.05) is 72.8 Å². The first-order valence-corrected chi connectivity index (χ1v) is 16.6. The van der Waals surface area contributed by atoms with E-state index < -0.39 is 18.1 Å². The predicted molar refractivity (Wildman–Crippen MR) is 191 cm³/mol. The summed E-state index contributed by atoms with van der Waals surface area (Å²) in [6, 6.07) is 32.5. The molecule has 0 radical (unpaired) electrons. The summed E-state index contributed by atoms with van der Waals surface area (Å²) >= 11 is 0. The van der Waals surface area contributed by atoms with Gasteiger partial charge in [-0.25, -0.2) is 9.59 Å². The van der Waals surface area contributed by atoms with E-state index in [2.05, 4.69) is 16.3 Å². The van der Waals surface area contributed by atoms with Crippen molar-refractivity contribution in [3.8, 4) is 11.1 Å². The lowest BCUT2D eigenvalue weighted by Gasteiger charge is -2.22. The predicted octanol–water partition coefficient (Wildman–Crippen LogP) is 6.84. The Labute approximate surface area is 300 Å². The fraction of sp³-hybridized carbons (Fsp3) is 0.250. The van der Waals surface area contributed by atoms with Gasteiger partial charge in [-0.05, 0) is 90.2 Å². The average Bonchev–Trinajstić information content (AvgIpc) is 3.67. The molecular weight excluding hydrogens is 675 g/mol. The van der Waals surface area contributed by atoms with E-state index >= 15 is 0 Å². The fourth-order valence-corrected chi connectivity index (χ4v) is 5.48. The molecule has 2 amide bonds. The first kappa shape index (κ1) is 39.0. The van der Waals surface area contributed by atoms with E-state index in [0.717, 1.165) is 47.5 Å². The monoisotopic (exact) mass is 715 g/mol. The molecule has 272 valence electrons. The van der Waals surface area contributed by atoms with Crippen LogP contribution >= 0.6 is 0 Å². The summed E-state index contributed by atoms with van der Waals surface area (Å²) in [5.41, 5.74) is 5.77. The molecular formula is C40H40F3N3O6. The maximum atomic E-state index is 13.5. The molecule has 1 aliphatic rings. The van der Waals surface area contributed by atoms with Crippen LogP contribution in [0.3, 0.4) is 0 Å². The Balaban J connectivity index is 0.000000785. The Kier molecular flexibility index (Phi) is 14.3. The van der Waals surface area contributed by atoms with Crippen molar-refractivity contribution >= 4 is 29.8 Å². The van der Waals surface area contributed by atoms with Crippen molar-refractivity contribution in [2.45, 2.75) is 32.1 Å². The standard InChI is InChI=1S/C38H39N3O4.C2HF3O2/c1-45-38(44)32-18-15-30(16-19-32)27-41(36(42)20-17-29-9-3-2-4-10-29)28-31-11-7-12-33(25-31)34-13-8-14-35(26-34)37(43)39-21-24-40-22-5-6-23-40;3-2(4,5)1(6)7/h2-4,7-20,25-26H,5-6,21-24,27-28H2,1H3,(H,39,43);(H,6,7)/b20-17+;. The molecule has 0 atom stereocenters. The number of benzene rings is 4. The van der Waals surface area contributed by atoms with Crippen LogP contribution in [-0.4, -0.2) is 78.1 Å². The van der Waals surface area contributed by atoms with E-state index in [1.807, 2.05) is 91.0 Å². The SMILES string of the molecule is COC(=O)c1ccc(CN(Cc2cccc(-c3cccc(C(=O)NCCN4CCCC4)c3)c2)C(=O)/C=C/c2ccccc2)cc1.O=C(O)C(F)(F)F. The number of carbonyl (C=O) groups excluding carboxylic acids is 3. The van der Waals surface area contributed by atoms with Crippen LogP contribution in [0.1, 0.15) is 50.2 Å². The van der Waals surface area contributed by atoms with Gasteiger partial charge in [0.15, 0.2) is 0 Å². The molecule has 0 saturated carbocycles. The Morgan fingerprint density at radius 3 is 2.06 bits per heavy atom. The van der Waals surface area contributed by atoms with Gasteiger partial charge in [0.2, 0.25) is 5.91 Å². The van der Waals surface area contributed by atoms with Crippen molar-refractivity contribution in [3.63, 3.8) is 0 Å². The molecule has 1 saturated heterocycles. The number of aliphatic carboxylic acids is 1. The van der Waals surface area contributed by atoms with Crippen molar-refractivity contribution in [1.29, 1.82) is 0 Å². The summed E-state index contributed by atoms with van der Waals surface area (Å²) in [5.74, 6) is -3.37. The molecule has 5 rings (SSSR count). The van der Waals surface area contributed by atoms with E-state index in [0.29, 0.717) is 30.8 Å². The van der Waals surface area contributed by atoms with E-state index in [1.54, 1.807) is 23.1 Å². The number of esters is 1. The molecule has 4 aromatic carbocycles. The van der Waals surface area contributed by atoms with Gasteiger partial charge in [0, 0.05) is 37.8 Å². The molecule has 9 nitrogen and oxygen atoms in total. The number of ether oxygens (including phenoxy) is 1. The molecule has 1 aliphatic heterocycles. The number of hydrogen-bond donors (Lipinski definition) is 2. The van der Waals surface area contributed by atoms with E-state index in [-0.39, 0.29) is 11.8 Å². The van der Waals surface area contributed by atoms with Gasteiger partial charge < -0.3 is 25.0 Å². The quantitative estimate of drug-likeness (QED) is 0.122. The molecule has 2 N–H and O–H groups in total. The van der Waals surface area contributed by atoms with Crippen molar-refractivity contribution in [1.82, 2.24) is 15.1 Å². The topological polar surface area (TPSA) is 116 Å². The van der Waals surface area contributed by atoms with Crippen molar-refractivity contribution < 1.29 is 42.2 Å². The summed E-state index contributed by atoms with van der Waals surface area (Å²) in [7, 11) is 1.35. The first-order valence-electron chi connectivity index (χ1n) is 16.6. The third kappa shape index (κ3) is 12.2. The normalized spacial score (nSPS) is 12.8. The molecule has 0 aliphatic carbocycles. The Hall–Kier alpha value is -5.75. The van der Waals surface area contributed by atoms with Crippen molar-refractivity contribution in [3.05, 3.63) is 137 Å². The van der Waals surface area contributed by atoms with Crippen LogP contribution in [0.15, 0.2) is 109 Å². The molecule has 4 aromatic rings. The highest BCUT2D eigenvalue weighted by atomic mass is 19.4. The second kappa shape index (κ2) is 19.0. The molecule has 0 spiro atoms. The minimum Gasteiger partial charge on any atom is -0.475 e. The van der Waals surface area contributed by atoms with Crippen LogP contribution in [0, 0.1) is 0 Å². The average molecular weight is 716 g/mol. The van der Waals surface area contributed by atoms with Crippen LogP contribution in [0.2, 0.25) is 0 Å². The molecule has 1 heterocycles. The number of carbonyl (C=O) groups is 4. The molecule has 0 bridgehead atoms. The van der Waals surface area contributed by atoms with Crippen LogP contribution in [0.25, 0.3) is 17.2 Å². The molecule has 1 fully saturated rings. The molecule has 0 unspecified atom stereocenters. The zero-order chi connectivity index (χ0) is 37.5. The van der Waals surface area contributed by atoms with Gasteiger partial charge in [0.1, 0.15) is 0 Å². The number of hydrogen-bond acceptors (Lipinski definition) is 6. The Bertz CT molecular complexity index is 1840. The van der Waals surface area contributed by atoms with Crippen LogP contribution in [0.4, 0.5) is 13.2 Å². The number of carboxylic acid groups (broad SMARTS) is 1. The van der Waals surface area contributed by atoms with Gasteiger partial charge in [-0.2, -0.15) is 13.2 Å². The van der Waals surface area contributed by atoms with Gasteiger partial charge in [0.05, 0.1) is 12.7 Å². The number of rotatable bonds is 12. The molecule has 52 heavy (non-hydrogen) atoms. The molecule has 12 heteroatoms. The summed E-state index contributed by atoms with van der Waals surface area (Å²) in [5, 5.41) is 10.2. The van der Waals surface area contributed by atoms with Gasteiger partial charge in [0.25, 0.3) is 5.91 Å². The zero-order valence-corrected chi connectivity index (χ0v) is 28.6. The second-order valence-corrected chi connectivity index (χ2v) is 12.0. The highest BCUT2D eigenvalue weighted by molar-refractivity contribution is 5.95. The number of amides is 2. The van der Waals surface area contributed by atoms with Gasteiger partial charge in [-0.3, -0.25) is 9.59 Å². The van der Waals surface area contributed by atoms with Crippen LogP contribution in [0.5, 0.6) is 0 Å². The maximum Gasteiger partial charge on any atom is 0.490 e. The highest BCUT2D eigenvalue weighted by Gasteiger charge is 2.38. The molecule has 0 aromatic heterocycles. The first-order chi connectivity index (χ1) is 24.9. The number of alkyl halides is 3. The summed E-state index contributed by atoms with van der Waals surface area (Å²) < 4.78 is 36.6. The second-order valence-electron chi connectivity index (χ2n) is 12.0. The summed E-state index contributed by atoms with van der Waals surface area (Å²) in [6.45, 7) is 4.45. The Morgan fingerprint density at radius 2 is 1.42 bits per heavy atom. The smallest absolute Gasteiger partial charge is 0.475 e. The minimum absolute atomic E-state index is 0.0765.